The Morgan fingerprint density at radius 2 is 1.89 bits per heavy atom. The van der Waals surface area contributed by atoms with Crippen molar-refractivity contribution in [1.29, 1.82) is 0 Å². The number of nitrogens with two attached hydrogens (primary N) is 1. The molecule has 3 heteroatoms. The summed E-state index contributed by atoms with van der Waals surface area (Å²) in [7, 11) is 1.99. The normalized spacial score (nSPS) is 21.1. The summed E-state index contributed by atoms with van der Waals surface area (Å²) in [4.78, 5) is 14.2. The van der Waals surface area contributed by atoms with E-state index in [0.29, 0.717) is 29.7 Å². The van der Waals surface area contributed by atoms with E-state index < -0.39 is 0 Å². The van der Waals surface area contributed by atoms with E-state index in [1.165, 1.54) is 12.8 Å². The quantitative estimate of drug-likeness (QED) is 0.804. The van der Waals surface area contributed by atoms with Crippen molar-refractivity contribution in [2.75, 3.05) is 13.6 Å². The number of hydrogen-bond donors (Lipinski definition) is 1. The standard InChI is InChI=1S/C16H32N2O/c1-13(9-12-17)5-6-15(19)18(4)14-7-10-16(2,3)11-8-14/h13-14H,5-12,17H2,1-4H3. The summed E-state index contributed by atoms with van der Waals surface area (Å²) in [5.41, 5.74) is 6.01. The third kappa shape index (κ3) is 5.52. The maximum atomic E-state index is 12.2. The van der Waals surface area contributed by atoms with Gasteiger partial charge in [0.25, 0.3) is 0 Å². The number of hydrogen-bond acceptors (Lipinski definition) is 2. The summed E-state index contributed by atoms with van der Waals surface area (Å²) >= 11 is 0. The van der Waals surface area contributed by atoms with Crippen LogP contribution in [0.5, 0.6) is 0 Å². The molecule has 3 nitrogen and oxygen atoms in total. The highest BCUT2D eigenvalue weighted by molar-refractivity contribution is 5.76. The molecule has 0 aromatic heterocycles. The van der Waals surface area contributed by atoms with Crippen LogP contribution >= 0.6 is 0 Å². The third-order valence-corrected chi connectivity index (χ3v) is 4.76. The second-order valence-electron chi connectivity index (χ2n) is 7.12. The topological polar surface area (TPSA) is 46.3 Å². The number of rotatable bonds is 6. The van der Waals surface area contributed by atoms with E-state index in [1.807, 2.05) is 11.9 Å². The zero-order valence-corrected chi connectivity index (χ0v) is 13.2. The number of carbonyl (C=O) groups excluding carboxylic acids is 1. The van der Waals surface area contributed by atoms with E-state index >= 15 is 0 Å². The Labute approximate surface area is 118 Å². The van der Waals surface area contributed by atoms with Gasteiger partial charge in [-0.15, -0.1) is 0 Å². The van der Waals surface area contributed by atoms with Crippen LogP contribution in [-0.2, 0) is 4.79 Å². The Bertz CT molecular complexity index is 278. The lowest BCUT2D eigenvalue weighted by atomic mass is 9.75. The van der Waals surface area contributed by atoms with Gasteiger partial charge in [-0.2, -0.15) is 0 Å². The Morgan fingerprint density at radius 3 is 2.42 bits per heavy atom. The van der Waals surface area contributed by atoms with Gasteiger partial charge >= 0.3 is 0 Å². The molecule has 0 aliphatic heterocycles. The summed E-state index contributed by atoms with van der Waals surface area (Å²) < 4.78 is 0. The molecule has 0 radical (unpaired) electrons. The van der Waals surface area contributed by atoms with E-state index in [-0.39, 0.29) is 0 Å². The molecule has 1 fully saturated rings. The average Bonchev–Trinajstić information content (AvgIpc) is 2.35. The fourth-order valence-corrected chi connectivity index (χ4v) is 2.95. The first-order chi connectivity index (χ1) is 8.85. The monoisotopic (exact) mass is 268 g/mol. The molecule has 0 bridgehead atoms. The first-order valence-electron chi connectivity index (χ1n) is 7.81. The summed E-state index contributed by atoms with van der Waals surface area (Å²) in [5, 5.41) is 0. The molecule has 0 spiro atoms. The first-order valence-corrected chi connectivity index (χ1v) is 7.81. The van der Waals surface area contributed by atoms with E-state index in [9.17, 15) is 4.79 Å². The zero-order chi connectivity index (χ0) is 14.5. The van der Waals surface area contributed by atoms with Crippen molar-refractivity contribution in [2.45, 2.75) is 71.8 Å². The summed E-state index contributed by atoms with van der Waals surface area (Å²) in [5.74, 6) is 0.876. The molecule has 2 N–H and O–H groups in total. The Hall–Kier alpha value is -0.570. The van der Waals surface area contributed by atoms with Gasteiger partial charge in [-0.25, -0.2) is 0 Å². The molecule has 1 aliphatic carbocycles. The van der Waals surface area contributed by atoms with Gasteiger partial charge in [-0.1, -0.05) is 20.8 Å². The van der Waals surface area contributed by atoms with Gasteiger partial charge < -0.3 is 10.6 Å². The van der Waals surface area contributed by atoms with E-state index in [2.05, 4.69) is 20.8 Å². The van der Waals surface area contributed by atoms with Crippen molar-refractivity contribution in [3.05, 3.63) is 0 Å². The molecule has 0 aromatic carbocycles. The number of nitrogens with zero attached hydrogens (tertiary/aromatic N) is 1. The predicted molar refractivity (Wildman–Crippen MR) is 80.9 cm³/mol. The molecule has 1 atom stereocenters. The van der Waals surface area contributed by atoms with Crippen LogP contribution in [0.1, 0.15) is 65.7 Å². The molecule has 1 unspecified atom stereocenters. The van der Waals surface area contributed by atoms with Crippen LogP contribution in [0.4, 0.5) is 0 Å². The van der Waals surface area contributed by atoms with Crippen molar-refractivity contribution >= 4 is 5.91 Å². The second kappa shape index (κ2) is 7.28. The highest BCUT2D eigenvalue weighted by Crippen LogP contribution is 2.36. The largest absolute Gasteiger partial charge is 0.343 e. The Balaban J connectivity index is 2.32. The summed E-state index contributed by atoms with van der Waals surface area (Å²) in [6.07, 6.45) is 7.46. The van der Waals surface area contributed by atoms with Crippen molar-refractivity contribution in [2.24, 2.45) is 17.1 Å². The first kappa shape index (κ1) is 16.5. The minimum absolute atomic E-state index is 0.313. The zero-order valence-electron chi connectivity index (χ0n) is 13.2. The van der Waals surface area contributed by atoms with Crippen LogP contribution in [0.25, 0.3) is 0 Å². The molecule has 1 amide bonds. The minimum atomic E-state index is 0.313. The Morgan fingerprint density at radius 1 is 1.32 bits per heavy atom. The van der Waals surface area contributed by atoms with E-state index in [1.54, 1.807) is 0 Å². The number of carbonyl (C=O) groups is 1. The predicted octanol–water partition coefficient (Wildman–Crippen LogP) is 3.18. The SMILES string of the molecule is CC(CCN)CCC(=O)N(C)C1CCC(C)(C)CC1. The summed E-state index contributed by atoms with van der Waals surface area (Å²) in [6.45, 7) is 7.57. The lowest BCUT2D eigenvalue weighted by molar-refractivity contribution is -0.133. The maximum absolute atomic E-state index is 12.2. The lowest BCUT2D eigenvalue weighted by Crippen LogP contribution is -2.40. The molecule has 0 saturated heterocycles. The van der Waals surface area contributed by atoms with Crippen LogP contribution < -0.4 is 5.73 Å². The van der Waals surface area contributed by atoms with Crippen LogP contribution in [0, 0.1) is 11.3 Å². The van der Waals surface area contributed by atoms with E-state index in [0.717, 1.165) is 32.2 Å². The Kier molecular flexibility index (Phi) is 6.31. The molecule has 0 heterocycles. The van der Waals surface area contributed by atoms with E-state index in [4.69, 9.17) is 5.73 Å². The summed E-state index contributed by atoms with van der Waals surface area (Å²) in [6, 6.07) is 0.463. The third-order valence-electron chi connectivity index (χ3n) is 4.76. The fourth-order valence-electron chi connectivity index (χ4n) is 2.95. The van der Waals surface area contributed by atoms with Gasteiger partial charge in [-0.3, -0.25) is 4.79 Å². The molecule has 1 aliphatic rings. The second-order valence-corrected chi connectivity index (χ2v) is 7.12. The molecule has 1 saturated carbocycles. The highest BCUT2D eigenvalue weighted by atomic mass is 16.2. The van der Waals surface area contributed by atoms with Gasteiger partial charge in [0.1, 0.15) is 0 Å². The molecule has 112 valence electrons. The van der Waals surface area contributed by atoms with Crippen LogP contribution in [0.2, 0.25) is 0 Å². The van der Waals surface area contributed by atoms with Crippen LogP contribution in [0.15, 0.2) is 0 Å². The van der Waals surface area contributed by atoms with Gasteiger partial charge in [-0.05, 0) is 56.4 Å². The molecular weight excluding hydrogens is 236 g/mol. The maximum Gasteiger partial charge on any atom is 0.222 e. The lowest BCUT2D eigenvalue weighted by Gasteiger charge is -2.38. The minimum Gasteiger partial charge on any atom is -0.343 e. The highest BCUT2D eigenvalue weighted by Gasteiger charge is 2.30. The van der Waals surface area contributed by atoms with Gasteiger partial charge in [0.2, 0.25) is 5.91 Å². The number of amides is 1. The molecular formula is C16H32N2O. The average molecular weight is 268 g/mol. The molecule has 1 rings (SSSR count). The molecule has 0 aromatic rings. The van der Waals surface area contributed by atoms with Crippen LogP contribution in [0.3, 0.4) is 0 Å². The van der Waals surface area contributed by atoms with Gasteiger partial charge in [0, 0.05) is 19.5 Å². The van der Waals surface area contributed by atoms with Crippen LogP contribution in [-0.4, -0.2) is 30.4 Å². The smallest absolute Gasteiger partial charge is 0.222 e. The fraction of sp³-hybridized carbons (Fsp3) is 0.938. The molecule has 19 heavy (non-hydrogen) atoms. The van der Waals surface area contributed by atoms with Crippen molar-refractivity contribution in [3.63, 3.8) is 0 Å². The van der Waals surface area contributed by atoms with Crippen molar-refractivity contribution in [3.8, 4) is 0 Å². The van der Waals surface area contributed by atoms with Crippen molar-refractivity contribution in [1.82, 2.24) is 4.90 Å². The van der Waals surface area contributed by atoms with Gasteiger partial charge in [0.15, 0.2) is 0 Å². The van der Waals surface area contributed by atoms with Gasteiger partial charge in [0.05, 0.1) is 0 Å². The van der Waals surface area contributed by atoms with Crippen molar-refractivity contribution < 1.29 is 4.79 Å².